The molecule has 34 heavy (non-hydrogen) atoms. The largest absolute Gasteiger partial charge is 0.534 e. The number of hydrogen-bond donors (Lipinski definition) is 5. The van der Waals surface area contributed by atoms with Gasteiger partial charge in [0.1, 0.15) is 12.6 Å². The molecule has 1 aliphatic rings. The van der Waals surface area contributed by atoms with Gasteiger partial charge in [-0.3, -0.25) is 9.63 Å². The summed E-state index contributed by atoms with van der Waals surface area (Å²) in [6.45, 7) is 1.31. The highest BCUT2D eigenvalue weighted by molar-refractivity contribution is 5.96. The Morgan fingerprint density at radius 1 is 1.00 bits per heavy atom. The van der Waals surface area contributed by atoms with Crippen LogP contribution < -0.4 is 15.5 Å². The van der Waals surface area contributed by atoms with Gasteiger partial charge in [-0.05, 0) is 41.3 Å². The van der Waals surface area contributed by atoms with Crippen molar-refractivity contribution in [3.63, 3.8) is 0 Å². The summed E-state index contributed by atoms with van der Waals surface area (Å²) < 4.78 is 5.79. The molecule has 0 bridgehead atoms. The first-order valence-corrected chi connectivity index (χ1v) is 10.2. The number of hydrogen-bond acceptors (Lipinski definition) is 7. The fourth-order valence-electron chi connectivity index (χ4n) is 3.82. The maximum atomic E-state index is 12.3. The Balaban J connectivity index is 1.53. The molecule has 2 unspecified atom stereocenters. The molecule has 1 aliphatic carbocycles. The zero-order valence-corrected chi connectivity index (χ0v) is 17.9. The maximum Gasteiger partial charge on any atom is 0.534 e. The minimum absolute atomic E-state index is 0.111. The van der Waals surface area contributed by atoms with Crippen molar-refractivity contribution in [3.8, 4) is 22.9 Å². The standard InChI is InChI=1S/C23H21N3O8/c1-12(24-22(30)31)21(29)25-13-6-7-16-14-4-2-3-5-15(14)18(17(16)10-13)11-33-23(32)34-26-19(27)8-9-20(26)28/h2-10,12,18,24,27-28H,11H2,1H3,(H,25,29)(H,30,31). The van der Waals surface area contributed by atoms with Gasteiger partial charge < -0.3 is 30.7 Å². The van der Waals surface area contributed by atoms with Crippen LogP contribution in [0.4, 0.5) is 15.3 Å². The van der Waals surface area contributed by atoms with Gasteiger partial charge in [0.25, 0.3) is 0 Å². The molecule has 11 nitrogen and oxygen atoms in total. The van der Waals surface area contributed by atoms with Gasteiger partial charge in [-0.15, -0.1) is 4.73 Å². The van der Waals surface area contributed by atoms with E-state index in [0.717, 1.165) is 34.4 Å². The van der Waals surface area contributed by atoms with Gasteiger partial charge in [0.2, 0.25) is 17.7 Å². The third-order valence-corrected chi connectivity index (χ3v) is 5.39. The van der Waals surface area contributed by atoms with E-state index in [4.69, 9.17) is 14.7 Å². The lowest BCUT2D eigenvalue weighted by molar-refractivity contribution is -0.117. The van der Waals surface area contributed by atoms with Crippen LogP contribution in [0.2, 0.25) is 0 Å². The van der Waals surface area contributed by atoms with Gasteiger partial charge in [-0.25, -0.2) is 9.59 Å². The fourth-order valence-corrected chi connectivity index (χ4v) is 3.82. The maximum absolute atomic E-state index is 12.3. The molecule has 2 atom stereocenters. The molecule has 2 amide bonds. The number of anilines is 1. The Morgan fingerprint density at radius 3 is 2.38 bits per heavy atom. The smallest absolute Gasteiger partial charge is 0.492 e. The number of benzene rings is 2. The average molecular weight is 467 g/mol. The molecule has 0 radical (unpaired) electrons. The minimum Gasteiger partial charge on any atom is -0.492 e. The van der Waals surface area contributed by atoms with Gasteiger partial charge in [0.15, 0.2) is 0 Å². The molecule has 0 spiro atoms. The van der Waals surface area contributed by atoms with E-state index >= 15 is 0 Å². The molecule has 0 aliphatic heterocycles. The zero-order chi connectivity index (χ0) is 24.4. The number of amides is 2. The second-order valence-electron chi connectivity index (χ2n) is 7.60. The number of carbonyl (C=O) groups is 3. The van der Waals surface area contributed by atoms with Crippen LogP contribution in [-0.4, -0.2) is 50.9 Å². The summed E-state index contributed by atoms with van der Waals surface area (Å²) in [5.41, 5.74) is 3.98. The summed E-state index contributed by atoms with van der Waals surface area (Å²) in [5, 5.41) is 32.8. The van der Waals surface area contributed by atoms with Crippen LogP contribution in [0.5, 0.6) is 11.8 Å². The molecule has 0 saturated heterocycles. The summed E-state index contributed by atoms with van der Waals surface area (Å²) in [6.07, 6.45) is -2.44. The lowest BCUT2D eigenvalue weighted by atomic mass is 9.97. The Bertz CT molecular complexity index is 1250. The van der Waals surface area contributed by atoms with Crippen LogP contribution in [0.3, 0.4) is 0 Å². The van der Waals surface area contributed by atoms with E-state index in [1.165, 1.54) is 6.92 Å². The number of nitrogens with zero attached hydrogens (tertiary/aromatic N) is 1. The number of ether oxygens (including phenoxy) is 1. The topological polar surface area (TPSA) is 159 Å². The Morgan fingerprint density at radius 2 is 1.68 bits per heavy atom. The summed E-state index contributed by atoms with van der Waals surface area (Å²) in [4.78, 5) is 40.1. The van der Waals surface area contributed by atoms with Crippen molar-refractivity contribution in [3.05, 3.63) is 65.7 Å². The van der Waals surface area contributed by atoms with Crippen LogP contribution in [0, 0.1) is 0 Å². The predicted molar refractivity (Wildman–Crippen MR) is 119 cm³/mol. The molecule has 1 heterocycles. The highest BCUT2D eigenvalue weighted by Gasteiger charge is 2.30. The number of fused-ring (bicyclic) bond motifs is 3. The highest BCUT2D eigenvalue weighted by Crippen LogP contribution is 2.45. The fraction of sp³-hybridized carbons (Fsp3) is 0.174. The number of aromatic nitrogens is 1. The summed E-state index contributed by atoms with van der Waals surface area (Å²) in [7, 11) is 0. The van der Waals surface area contributed by atoms with E-state index < -0.39 is 36.0 Å². The summed E-state index contributed by atoms with van der Waals surface area (Å²) in [6, 6.07) is 14.2. The Kier molecular flexibility index (Phi) is 6.00. The molecule has 4 rings (SSSR count). The van der Waals surface area contributed by atoms with E-state index in [2.05, 4.69) is 10.6 Å². The molecule has 3 aromatic rings. The van der Waals surface area contributed by atoms with Crippen LogP contribution in [0.1, 0.15) is 24.0 Å². The summed E-state index contributed by atoms with van der Waals surface area (Å²) >= 11 is 0. The summed E-state index contributed by atoms with van der Waals surface area (Å²) in [5.74, 6) is -1.85. The van der Waals surface area contributed by atoms with Gasteiger partial charge in [-0.2, -0.15) is 0 Å². The van der Waals surface area contributed by atoms with Gasteiger partial charge in [0.05, 0.1) is 0 Å². The normalized spacial score (nSPS) is 14.4. The molecular weight excluding hydrogens is 446 g/mol. The molecule has 1 aromatic heterocycles. The number of carbonyl (C=O) groups excluding carboxylic acids is 2. The second kappa shape index (κ2) is 9.06. The quantitative estimate of drug-likeness (QED) is 0.346. The van der Waals surface area contributed by atoms with E-state index in [9.17, 15) is 24.6 Å². The third-order valence-electron chi connectivity index (χ3n) is 5.39. The van der Waals surface area contributed by atoms with E-state index in [1.807, 2.05) is 30.3 Å². The number of aromatic hydroxyl groups is 2. The second-order valence-corrected chi connectivity index (χ2v) is 7.60. The average Bonchev–Trinajstić information content (AvgIpc) is 3.28. The van der Waals surface area contributed by atoms with Crippen LogP contribution in [-0.2, 0) is 9.53 Å². The van der Waals surface area contributed by atoms with E-state index in [1.54, 1.807) is 12.1 Å². The van der Waals surface area contributed by atoms with E-state index in [-0.39, 0.29) is 12.5 Å². The minimum atomic E-state index is -1.31. The highest BCUT2D eigenvalue weighted by atomic mass is 16.8. The number of rotatable bonds is 6. The molecule has 2 aromatic carbocycles. The van der Waals surface area contributed by atoms with Crippen molar-refractivity contribution in [2.45, 2.75) is 18.9 Å². The van der Waals surface area contributed by atoms with Crippen molar-refractivity contribution in [1.82, 2.24) is 10.0 Å². The van der Waals surface area contributed by atoms with Crippen LogP contribution >= 0.6 is 0 Å². The van der Waals surface area contributed by atoms with Crippen molar-refractivity contribution in [2.75, 3.05) is 11.9 Å². The molecule has 176 valence electrons. The molecular formula is C23H21N3O8. The first kappa shape index (κ1) is 22.5. The molecule has 11 heteroatoms. The lowest BCUT2D eigenvalue weighted by Gasteiger charge is -2.16. The van der Waals surface area contributed by atoms with Crippen LogP contribution in [0.25, 0.3) is 11.1 Å². The number of nitrogens with one attached hydrogen (secondary N) is 2. The molecule has 0 saturated carbocycles. The zero-order valence-electron chi connectivity index (χ0n) is 17.9. The Hall–Kier alpha value is -4.67. The first-order valence-electron chi connectivity index (χ1n) is 10.2. The van der Waals surface area contributed by atoms with Crippen molar-refractivity contribution in [1.29, 1.82) is 0 Å². The van der Waals surface area contributed by atoms with Gasteiger partial charge in [-0.1, -0.05) is 30.3 Å². The molecule has 5 N–H and O–H groups in total. The van der Waals surface area contributed by atoms with Crippen molar-refractivity contribution >= 4 is 23.8 Å². The SMILES string of the molecule is CC(NC(=O)O)C(=O)Nc1ccc2c(c1)C(COC(=O)On1c(O)ccc1O)c1ccccc1-2. The monoisotopic (exact) mass is 467 g/mol. The van der Waals surface area contributed by atoms with Crippen molar-refractivity contribution < 1.29 is 39.3 Å². The van der Waals surface area contributed by atoms with Gasteiger partial charge in [0, 0.05) is 23.7 Å². The first-order chi connectivity index (χ1) is 16.2. The number of carboxylic acid groups (broad SMARTS) is 1. The third kappa shape index (κ3) is 4.44. The molecule has 0 fully saturated rings. The van der Waals surface area contributed by atoms with E-state index in [0.29, 0.717) is 10.4 Å². The lowest BCUT2D eigenvalue weighted by Crippen LogP contribution is -2.40. The predicted octanol–water partition coefficient (Wildman–Crippen LogP) is 2.87. The Labute approximate surface area is 193 Å². The van der Waals surface area contributed by atoms with Crippen LogP contribution in [0.15, 0.2) is 54.6 Å². The van der Waals surface area contributed by atoms with Crippen molar-refractivity contribution in [2.24, 2.45) is 0 Å². The van der Waals surface area contributed by atoms with Gasteiger partial charge >= 0.3 is 12.2 Å².